The van der Waals surface area contributed by atoms with Crippen LogP contribution in [-0.2, 0) is 9.09 Å². The molecule has 0 heterocycles. The summed E-state index contributed by atoms with van der Waals surface area (Å²) < 4.78 is 19.4. The zero-order valence-corrected chi connectivity index (χ0v) is 14.8. The minimum atomic E-state index is -2.74. The molecule has 0 aliphatic rings. The van der Waals surface area contributed by atoms with E-state index in [4.69, 9.17) is 4.52 Å². The fourth-order valence-corrected chi connectivity index (χ4v) is 4.90. The van der Waals surface area contributed by atoms with Crippen molar-refractivity contribution >= 4 is 12.7 Å². The summed E-state index contributed by atoms with van der Waals surface area (Å²) in [5, 5.41) is 0.879. The van der Waals surface area contributed by atoms with E-state index in [0.29, 0.717) is 6.61 Å². The molecule has 0 saturated carbocycles. The number of unbranched alkanes of at least 4 members (excludes halogenated alkanes) is 4. The van der Waals surface area contributed by atoms with Crippen molar-refractivity contribution in [1.29, 1.82) is 0 Å². The Morgan fingerprint density at radius 2 is 1.67 bits per heavy atom. The van der Waals surface area contributed by atoms with Crippen LogP contribution >= 0.6 is 7.37 Å². The van der Waals surface area contributed by atoms with E-state index in [1.165, 1.54) is 19.3 Å². The van der Waals surface area contributed by atoms with Crippen LogP contribution < -0.4 is 5.30 Å². The molecule has 0 fully saturated rings. The Hall–Kier alpha value is -0.590. The molecule has 1 aromatic rings. The van der Waals surface area contributed by atoms with Gasteiger partial charge in [0.1, 0.15) is 0 Å². The monoisotopic (exact) mass is 310 g/mol. The van der Waals surface area contributed by atoms with Gasteiger partial charge in [-0.25, -0.2) is 0 Å². The molecule has 0 amide bonds. The normalized spacial score (nSPS) is 15.6. The number of hydrogen-bond donors (Lipinski definition) is 0. The SMILES string of the molecule is CCCCCC[C@H](C)[P@@](=O)(OCCCC)c1ccccc1. The summed E-state index contributed by atoms with van der Waals surface area (Å²) in [7, 11) is -2.74. The first-order valence-corrected chi connectivity index (χ1v) is 10.1. The highest BCUT2D eigenvalue weighted by molar-refractivity contribution is 7.67. The van der Waals surface area contributed by atoms with Gasteiger partial charge in [0.2, 0.25) is 7.37 Å². The highest BCUT2D eigenvalue weighted by atomic mass is 31.2. The lowest BCUT2D eigenvalue weighted by Gasteiger charge is -2.25. The third-order valence-electron chi connectivity index (χ3n) is 3.95. The summed E-state index contributed by atoms with van der Waals surface area (Å²) in [4.78, 5) is 0. The summed E-state index contributed by atoms with van der Waals surface area (Å²) in [6.45, 7) is 7.03. The van der Waals surface area contributed by atoms with Gasteiger partial charge in [0.05, 0.1) is 6.61 Å². The maximum absolute atomic E-state index is 13.4. The van der Waals surface area contributed by atoms with Gasteiger partial charge in [0, 0.05) is 11.0 Å². The van der Waals surface area contributed by atoms with Crippen LogP contribution in [0.15, 0.2) is 30.3 Å². The van der Waals surface area contributed by atoms with Crippen LogP contribution in [0.3, 0.4) is 0 Å². The van der Waals surface area contributed by atoms with Crippen LogP contribution in [0.5, 0.6) is 0 Å². The van der Waals surface area contributed by atoms with Gasteiger partial charge in [0.15, 0.2) is 0 Å². The topological polar surface area (TPSA) is 26.3 Å². The van der Waals surface area contributed by atoms with E-state index in [-0.39, 0.29) is 5.66 Å². The van der Waals surface area contributed by atoms with Crippen LogP contribution in [0.1, 0.15) is 65.7 Å². The molecule has 1 aromatic carbocycles. The second kappa shape index (κ2) is 10.2. The van der Waals surface area contributed by atoms with Crippen LogP contribution in [0.2, 0.25) is 0 Å². The lowest BCUT2D eigenvalue weighted by Crippen LogP contribution is -2.18. The molecule has 0 aromatic heterocycles. The number of benzene rings is 1. The van der Waals surface area contributed by atoms with Gasteiger partial charge in [-0.05, 0) is 25.0 Å². The molecule has 1 rings (SSSR count). The smallest absolute Gasteiger partial charge is 0.234 e. The first-order chi connectivity index (χ1) is 10.1. The van der Waals surface area contributed by atoms with Gasteiger partial charge in [-0.3, -0.25) is 4.57 Å². The molecule has 3 heteroatoms. The zero-order chi connectivity index (χ0) is 15.6. The average Bonchev–Trinajstić information content (AvgIpc) is 2.52. The van der Waals surface area contributed by atoms with Gasteiger partial charge in [-0.1, -0.05) is 71.1 Å². The van der Waals surface area contributed by atoms with E-state index >= 15 is 0 Å². The summed E-state index contributed by atoms with van der Waals surface area (Å²) in [5.41, 5.74) is 0.105. The minimum absolute atomic E-state index is 0.105. The van der Waals surface area contributed by atoms with Gasteiger partial charge >= 0.3 is 0 Å². The third kappa shape index (κ3) is 5.96. The molecular weight excluding hydrogens is 279 g/mol. The summed E-state index contributed by atoms with van der Waals surface area (Å²) in [5.74, 6) is 0. The van der Waals surface area contributed by atoms with Crippen molar-refractivity contribution in [2.75, 3.05) is 6.61 Å². The third-order valence-corrected chi connectivity index (χ3v) is 6.96. The van der Waals surface area contributed by atoms with E-state index in [1.807, 2.05) is 30.3 Å². The lowest BCUT2D eigenvalue weighted by molar-refractivity contribution is 0.305. The van der Waals surface area contributed by atoms with Gasteiger partial charge in [-0.15, -0.1) is 0 Å². The summed E-state index contributed by atoms with van der Waals surface area (Å²) in [6, 6.07) is 9.78. The Bertz CT molecular complexity index is 416. The highest BCUT2D eigenvalue weighted by Crippen LogP contribution is 2.52. The van der Waals surface area contributed by atoms with E-state index in [0.717, 1.165) is 31.0 Å². The van der Waals surface area contributed by atoms with Crippen molar-refractivity contribution in [3.63, 3.8) is 0 Å². The molecule has 0 aliphatic carbocycles. The number of hydrogen-bond acceptors (Lipinski definition) is 2. The number of rotatable bonds is 11. The van der Waals surface area contributed by atoms with E-state index < -0.39 is 7.37 Å². The predicted molar refractivity (Wildman–Crippen MR) is 92.8 cm³/mol. The van der Waals surface area contributed by atoms with Gasteiger partial charge < -0.3 is 4.52 Å². The molecular formula is C18H31O2P. The van der Waals surface area contributed by atoms with Crippen LogP contribution in [0.4, 0.5) is 0 Å². The average molecular weight is 310 g/mol. The lowest BCUT2D eigenvalue weighted by atomic mass is 10.1. The molecule has 0 saturated heterocycles. The molecule has 0 spiro atoms. The van der Waals surface area contributed by atoms with Crippen molar-refractivity contribution in [3.05, 3.63) is 30.3 Å². The molecule has 21 heavy (non-hydrogen) atoms. The fraction of sp³-hybridized carbons (Fsp3) is 0.667. The van der Waals surface area contributed by atoms with Gasteiger partial charge in [-0.2, -0.15) is 0 Å². The van der Waals surface area contributed by atoms with Crippen molar-refractivity contribution in [3.8, 4) is 0 Å². The molecule has 0 N–H and O–H groups in total. The maximum Gasteiger partial charge on any atom is 0.234 e. The molecule has 0 radical (unpaired) electrons. The van der Waals surface area contributed by atoms with Crippen molar-refractivity contribution < 1.29 is 9.09 Å². The minimum Gasteiger partial charge on any atom is -0.325 e. The molecule has 2 atom stereocenters. The first-order valence-electron chi connectivity index (χ1n) is 8.45. The first kappa shape index (κ1) is 18.5. The Morgan fingerprint density at radius 1 is 1.00 bits per heavy atom. The van der Waals surface area contributed by atoms with E-state index in [2.05, 4.69) is 20.8 Å². The Labute approximate surface area is 130 Å². The molecule has 0 unspecified atom stereocenters. The van der Waals surface area contributed by atoms with Crippen LogP contribution in [-0.4, -0.2) is 12.3 Å². The highest BCUT2D eigenvalue weighted by Gasteiger charge is 2.32. The predicted octanol–water partition coefficient (Wildman–Crippen LogP) is 5.77. The van der Waals surface area contributed by atoms with Gasteiger partial charge in [0.25, 0.3) is 0 Å². The van der Waals surface area contributed by atoms with E-state index in [9.17, 15) is 4.57 Å². The van der Waals surface area contributed by atoms with Crippen molar-refractivity contribution in [1.82, 2.24) is 0 Å². The Kier molecular flexibility index (Phi) is 8.96. The van der Waals surface area contributed by atoms with Crippen molar-refractivity contribution in [2.45, 2.75) is 71.4 Å². The summed E-state index contributed by atoms with van der Waals surface area (Å²) in [6.07, 6.45) is 7.89. The Morgan fingerprint density at radius 3 is 2.29 bits per heavy atom. The van der Waals surface area contributed by atoms with Crippen LogP contribution in [0, 0.1) is 0 Å². The largest absolute Gasteiger partial charge is 0.325 e. The zero-order valence-electron chi connectivity index (χ0n) is 13.9. The molecule has 0 bridgehead atoms. The fourth-order valence-electron chi connectivity index (χ4n) is 2.47. The standard InChI is InChI=1S/C18H31O2P/c1-4-6-8-10-13-17(3)21(19,20-16-7-5-2)18-14-11-9-12-15-18/h9,11-12,14-15,17H,4-8,10,13,16H2,1-3H3/t17-,21+/m0/s1. The second-order valence-corrected chi connectivity index (χ2v) is 8.67. The molecule has 0 aliphatic heterocycles. The van der Waals surface area contributed by atoms with Crippen molar-refractivity contribution in [2.24, 2.45) is 0 Å². The maximum atomic E-state index is 13.4. The van der Waals surface area contributed by atoms with E-state index in [1.54, 1.807) is 0 Å². The molecule has 120 valence electrons. The Balaban J connectivity index is 2.74. The second-order valence-electron chi connectivity index (χ2n) is 5.82. The molecule has 2 nitrogen and oxygen atoms in total. The van der Waals surface area contributed by atoms with Crippen LogP contribution in [0.25, 0.3) is 0 Å². The summed E-state index contributed by atoms with van der Waals surface area (Å²) >= 11 is 0. The quantitative estimate of drug-likeness (QED) is 0.383.